The number of benzene rings is 4. The van der Waals surface area contributed by atoms with Crippen molar-refractivity contribution in [2.75, 3.05) is 0 Å². The minimum absolute atomic E-state index is 0.146. The monoisotopic (exact) mass is 957 g/mol. The van der Waals surface area contributed by atoms with Gasteiger partial charge in [-0.05, 0) is 121 Å². The second kappa shape index (κ2) is 19.0. The standard InChI is InChI=1S/C68H84N4/c1-61(2,3)47-25-41(26-48(33-47)62(4,5)6)55(42-27-49(63(7,8)9)34-50(28-42)64(10,11)12)59-57(45(37-69)38-70)58(46(39-71)40-72)60(59)56(43-29-51(65(13,14)15)35-52(30-43)66(16,17)18)44-31-53(67(19,20)21)36-54(32-44)68(22,23)24/h25-36H,1-24H3. The van der Waals surface area contributed by atoms with E-state index in [1.807, 2.05) is 0 Å². The van der Waals surface area contributed by atoms with Crippen LogP contribution in [0.4, 0.5) is 0 Å². The molecule has 1 aliphatic rings. The number of rotatable bonds is 4. The Labute approximate surface area is 436 Å². The summed E-state index contributed by atoms with van der Waals surface area (Å²) >= 11 is 0. The van der Waals surface area contributed by atoms with Crippen molar-refractivity contribution < 1.29 is 0 Å². The lowest BCUT2D eigenvalue weighted by Crippen LogP contribution is -2.24. The van der Waals surface area contributed by atoms with Gasteiger partial charge in [-0.3, -0.25) is 0 Å². The smallest absolute Gasteiger partial charge is 0.138 e. The molecule has 0 saturated heterocycles. The summed E-state index contributed by atoms with van der Waals surface area (Å²) in [6.45, 7) is 53.7. The molecule has 376 valence electrons. The number of allylic oxidation sites excluding steroid dienone is 6. The van der Waals surface area contributed by atoms with E-state index in [1.54, 1.807) is 0 Å². The van der Waals surface area contributed by atoms with Gasteiger partial charge in [0.2, 0.25) is 0 Å². The zero-order chi connectivity index (χ0) is 54.9. The molecule has 0 heterocycles. The summed E-state index contributed by atoms with van der Waals surface area (Å²) < 4.78 is 0. The van der Waals surface area contributed by atoms with Crippen LogP contribution >= 0.6 is 0 Å². The Balaban J connectivity index is 2.44. The van der Waals surface area contributed by atoms with Crippen molar-refractivity contribution in [3.63, 3.8) is 0 Å². The third-order valence-corrected chi connectivity index (χ3v) is 14.3. The van der Waals surface area contributed by atoms with E-state index in [0.717, 1.165) is 77.9 Å². The van der Waals surface area contributed by atoms with Gasteiger partial charge in [0, 0.05) is 22.3 Å². The molecule has 0 N–H and O–H groups in total. The van der Waals surface area contributed by atoms with Gasteiger partial charge in [-0.25, -0.2) is 0 Å². The summed E-state index contributed by atoms with van der Waals surface area (Å²) in [7, 11) is 0. The SMILES string of the molecule is CC(C)(C)c1cc(C(=C2C(=C(C#N)C#N)C(=C(C#N)C#N)C2=C(c2cc(C(C)(C)C)cc(C(C)(C)C)c2)c2cc(C(C)(C)C)cc(C(C)(C)C)c2)c2cc(C(C)(C)C)cc(C(C)(C)C)c2)cc(C(C)(C)C)c1. The van der Waals surface area contributed by atoms with E-state index in [-0.39, 0.29) is 54.5 Å². The lowest BCUT2D eigenvalue weighted by Gasteiger charge is -2.38. The molecule has 0 aromatic heterocycles. The first-order valence-corrected chi connectivity index (χ1v) is 25.8. The quantitative estimate of drug-likeness (QED) is 0.190. The van der Waals surface area contributed by atoms with Gasteiger partial charge in [-0.15, -0.1) is 0 Å². The summed E-state index contributed by atoms with van der Waals surface area (Å²) in [4.78, 5) is 0. The second-order valence-corrected chi connectivity index (χ2v) is 28.6. The Hall–Kier alpha value is -6.20. The zero-order valence-electron chi connectivity index (χ0n) is 48.7. The molecular weight excluding hydrogens is 873 g/mol. The summed E-state index contributed by atoms with van der Waals surface area (Å²) in [5.74, 6) is 0. The van der Waals surface area contributed by atoms with Crippen molar-refractivity contribution >= 4 is 11.1 Å². The number of nitriles is 4. The van der Waals surface area contributed by atoms with Gasteiger partial charge in [0.25, 0.3) is 0 Å². The van der Waals surface area contributed by atoms with E-state index < -0.39 is 0 Å². The maximum absolute atomic E-state index is 11.2. The van der Waals surface area contributed by atoms with E-state index >= 15 is 0 Å². The average molecular weight is 957 g/mol. The average Bonchev–Trinajstić information content (AvgIpc) is 3.23. The molecule has 5 rings (SSSR count). The minimum atomic E-state index is -0.254. The van der Waals surface area contributed by atoms with Crippen LogP contribution < -0.4 is 0 Å². The van der Waals surface area contributed by atoms with Crippen LogP contribution in [0.1, 0.15) is 233 Å². The van der Waals surface area contributed by atoms with Crippen molar-refractivity contribution in [3.8, 4) is 24.3 Å². The lowest BCUT2D eigenvalue weighted by molar-refractivity contribution is 0.567. The third kappa shape index (κ3) is 11.8. The summed E-state index contributed by atoms with van der Waals surface area (Å²) in [6.07, 6.45) is 0. The topological polar surface area (TPSA) is 95.2 Å². The maximum Gasteiger partial charge on any atom is 0.138 e. The number of nitrogens with zero attached hydrogens (tertiary/aromatic N) is 4. The van der Waals surface area contributed by atoms with Crippen LogP contribution in [0.25, 0.3) is 11.1 Å². The molecule has 1 fully saturated rings. The molecule has 0 unspecified atom stereocenters. The highest BCUT2D eigenvalue weighted by Gasteiger charge is 2.43. The van der Waals surface area contributed by atoms with Crippen molar-refractivity contribution in [3.05, 3.63) is 173 Å². The van der Waals surface area contributed by atoms with Gasteiger partial charge < -0.3 is 0 Å². The Kier molecular flexibility index (Phi) is 15.0. The largest absolute Gasteiger partial charge is 0.192 e. The number of hydrogen-bond acceptors (Lipinski definition) is 4. The Bertz CT molecular complexity index is 2610. The highest BCUT2D eigenvalue weighted by Crippen LogP contribution is 2.57. The van der Waals surface area contributed by atoms with E-state index in [4.69, 9.17) is 0 Å². The van der Waals surface area contributed by atoms with Gasteiger partial charge in [0.15, 0.2) is 0 Å². The first kappa shape index (κ1) is 56.7. The molecule has 0 aliphatic heterocycles. The first-order chi connectivity index (χ1) is 32.6. The Morgan fingerprint density at radius 1 is 0.236 bits per heavy atom. The first-order valence-electron chi connectivity index (χ1n) is 25.8. The van der Waals surface area contributed by atoms with E-state index in [0.29, 0.717) is 22.3 Å². The van der Waals surface area contributed by atoms with Gasteiger partial charge in [-0.2, -0.15) is 21.0 Å². The molecular formula is C68H84N4. The Morgan fingerprint density at radius 3 is 0.486 bits per heavy atom. The third-order valence-electron chi connectivity index (χ3n) is 14.3. The molecule has 72 heavy (non-hydrogen) atoms. The van der Waals surface area contributed by atoms with E-state index in [2.05, 4.69) is 263 Å². The van der Waals surface area contributed by atoms with Gasteiger partial charge in [0.05, 0.1) is 0 Å². The summed E-state index contributed by atoms with van der Waals surface area (Å²) in [5.41, 5.74) is 14.3. The van der Waals surface area contributed by atoms with Crippen molar-refractivity contribution in [2.24, 2.45) is 0 Å². The summed E-state index contributed by atoms with van der Waals surface area (Å²) in [6, 6.07) is 36.7. The molecule has 1 aliphatic carbocycles. The van der Waals surface area contributed by atoms with E-state index in [1.165, 1.54) is 0 Å². The molecule has 0 radical (unpaired) electrons. The highest BCUT2D eigenvalue weighted by atomic mass is 14.5. The molecule has 0 atom stereocenters. The fraction of sp³-hybridized carbons (Fsp3) is 0.471. The van der Waals surface area contributed by atoms with Crippen LogP contribution in [-0.2, 0) is 43.3 Å². The molecule has 4 nitrogen and oxygen atoms in total. The van der Waals surface area contributed by atoms with Crippen molar-refractivity contribution in [1.82, 2.24) is 0 Å². The molecule has 1 saturated carbocycles. The van der Waals surface area contributed by atoms with E-state index in [9.17, 15) is 21.0 Å². The lowest BCUT2D eigenvalue weighted by atomic mass is 9.63. The van der Waals surface area contributed by atoms with Gasteiger partial charge in [-0.1, -0.05) is 239 Å². The summed E-state index contributed by atoms with van der Waals surface area (Å²) in [5, 5.41) is 44.6. The van der Waals surface area contributed by atoms with Crippen LogP contribution in [0.15, 0.2) is 106 Å². The van der Waals surface area contributed by atoms with Crippen LogP contribution in [0.5, 0.6) is 0 Å². The van der Waals surface area contributed by atoms with Crippen LogP contribution in [0.2, 0.25) is 0 Å². The minimum Gasteiger partial charge on any atom is -0.192 e. The zero-order valence-corrected chi connectivity index (χ0v) is 48.7. The fourth-order valence-electron chi connectivity index (χ4n) is 9.17. The predicted octanol–water partition coefficient (Wildman–Crippen LogP) is 18.1. The second-order valence-electron chi connectivity index (χ2n) is 28.6. The van der Waals surface area contributed by atoms with Gasteiger partial charge in [0.1, 0.15) is 35.4 Å². The number of hydrogen-bond donors (Lipinski definition) is 0. The van der Waals surface area contributed by atoms with Crippen molar-refractivity contribution in [2.45, 2.75) is 209 Å². The van der Waals surface area contributed by atoms with Crippen molar-refractivity contribution in [1.29, 1.82) is 21.0 Å². The molecule has 0 amide bonds. The molecule has 4 heteroatoms. The van der Waals surface area contributed by atoms with Gasteiger partial charge >= 0.3 is 0 Å². The predicted molar refractivity (Wildman–Crippen MR) is 304 cm³/mol. The highest BCUT2D eigenvalue weighted by molar-refractivity contribution is 6.06. The van der Waals surface area contributed by atoms with Crippen LogP contribution in [0, 0.1) is 45.3 Å². The molecule has 0 spiro atoms. The molecule has 4 aromatic carbocycles. The Morgan fingerprint density at radius 2 is 0.375 bits per heavy atom. The molecule has 0 bridgehead atoms. The fourth-order valence-corrected chi connectivity index (χ4v) is 9.17. The molecule has 4 aromatic rings. The van der Waals surface area contributed by atoms with Crippen LogP contribution in [0.3, 0.4) is 0 Å². The normalized spacial score (nSPS) is 13.9. The van der Waals surface area contributed by atoms with Crippen LogP contribution in [-0.4, -0.2) is 0 Å². The maximum atomic E-state index is 11.2.